The molecule has 0 aliphatic heterocycles. The number of benzene rings is 2. The quantitative estimate of drug-likeness (QED) is 0.332. The summed E-state index contributed by atoms with van der Waals surface area (Å²) in [5.41, 5.74) is 2.74. The van der Waals surface area contributed by atoms with Crippen molar-refractivity contribution < 1.29 is 22.7 Å². The Labute approximate surface area is 191 Å². The third-order valence-corrected chi connectivity index (χ3v) is 5.87. The van der Waals surface area contributed by atoms with E-state index >= 15 is 0 Å². The number of hydrogen-bond donors (Lipinski definition) is 4. The maximum atomic E-state index is 12.1. The molecule has 0 radical (unpaired) electrons. The average molecular weight is 523 g/mol. The minimum absolute atomic E-state index is 0.357. The summed E-state index contributed by atoms with van der Waals surface area (Å²) in [5.74, 6) is -1.56. The van der Waals surface area contributed by atoms with E-state index in [1.54, 1.807) is 18.2 Å². The predicted octanol–water partition coefficient (Wildman–Crippen LogP) is 2.00. The number of anilines is 1. The first kappa shape index (κ1) is 23.4. The Morgan fingerprint density at radius 2 is 1.78 bits per heavy atom. The molecule has 0 aliphatic rings. The van der Waals surface area contributed by atoms with E-state index in [4.69, 9.17) is 4.74 Å². The molecule has 2 aromatic carbocycles. The lowest BCUT2D eigenvalue weighted by Gasteiger charge is -2.09. The topological polar surface area (TPSA) is 150 Å². The second-order valence-corrected chi connectivity index (χ2v) is 9.25. The summed E-state index contributed by atoms with van der Waals surface area (Å²) in [7, 11) is -3.87. The number of halogens is 1. The highest BCUT2D eigenvalue weighted by Crippen LogP contribution is 2.26. The number of hydrogen-bond acceptors (Lipinski definition) is 6. The summed E-state index contributed by atoms with van der Waals surface area (Å²) in [6, 6.07) is 10.3. The molecule has 0 fully saturated rings. The molecule has 10 nitrogen and oxygen atoms in total. The van der Waals surface area contributed by atoms with Gasteiger partial charge in [-0.05, 0) is 46.6 Å². The highest BCUT2D eigenvalue weighted by atomic mass is 79.9. The van der Waals surface area contributed by atoms with Gasteiger partial charge in [0.05, 0.1) is 16.7 Å². The molecule has 0 saturated heterocycles. The number of aromatic amines is 2. The number of carbonyl (C=O) groups is 2. The van der Waals surface area contributed by atoms with Gasteiger partial charge in [-0.3, -0.25) is 9.59 Å². The van der Waals surface area contributed by atoms with Gasteiger partial charge in [0.2, 0.25) is 10.0 Å². The number of fused-ring (bicyclic) bond motifs is 1. The molecule has 1 aromatic heterocycles. The standard InChI is InChI=1S/C20H19BrN4O6S/c1-12-2-4-13(5-3-12)6-7-32(29,30)22-10-19(27)31-11-18(26)23-15-9-17-16(8-14(15)21)24-20(28)25-17/h2-9,22H,10-11H2,1H3,(H,23,26)(H2,24,25,28). The van der Waals surface area contributed by atoms with Crippen LogP contribution in [0.1, 0.15) is 11.1 Å². The lowest BCUT2D eigenvalue weighted by Crippen LogP contribution is -2.31. The molecule has 168 valence electrons. The molecule has 3 rings (SSSR count). The first-order valence-corrected chi connectivity index (χ1v) is 11.6. The number of carbonyl (C=O) groups excluding carboxylic acids is 2. The summed E-state index contributed by atoms with van der Waals surface area (Å²) >= 11 is 3.28. The zero-order chi connectivity index (χ0) is 23.3. The molecule has 0 atom stereocenters. The number of sulfonamides is 1. The van der Waals surface area contributed by atoms with E-state index in [0.717, 1.165) is 11.0 Å². The Hall–Kier alpha value is -3.22. The third-order valence-electron chi connectivity index (χ3n) is 4.18. The monoisotopic (exact) mass is 522 g/mol. The minimum Gasteiger partial charge on any atom is -0.455 e. The molecular weight excluding hydrogens is 504 g/mol. The van der Waals surface area contributed by atoms with Crippen LogP contribution in [0.4, 0.5) is 5.69 Å². The van der Waals surface area contributed by atoms with Crippen molar-refractivity contribution in [3.63, 3.8) is 0 Å². The first-order chi connectivity index (χ1) is 15.1. The van der Waals surface area contributed by atoms with Crippen LogP contribution in [0.2, 0.25) is 0 Å². The SMILES string of the molecule is Cc1ccc(C=CS(=O)(=O)NCC(=O)OCC(=O)Nc2cc3[nH]c(=O)[nH]c3cc2Br)cc1. The van der Waals surface area contributed by atoms with E-state index in [1.165, 1.54) is 12.1 Å². The summed E-state index contributed by atoms with van der Waals surface area (Å²) in [5, 5.41) is 3.47. The van der Waals surface area contributed by atoms with Gasteiger partial charge >= 0.3 is 11.7 Å². The molecule has 0 spiro atoms. The number of rotatable bonds is 8. The summed E-state index contributed by atoms with van der Waals surface area (Å²) in [6.07, 6.45) is 1.40. The number of amides is 1. The third kappa shape index (κ3) is 6.64. The van der Waals surface area contributed by atoms with Gasteiger partial charge in [-0.2, -0.15) is 0 Å². The summed E-state index contributed by atoms with van der Waals surface area (Å²) in [4.78, 5) is 40.3. The van der Waals surface area contributed by atoms with Gasteiger partial charge in [-0.15, -0.1) is 0 Å². The molecule has 1 amide bonds. The van der Waals surface area contributed by atoms with Crippen LogP contribution in [-0.4, -0.2) is 43.4 Å². The second kappa shape index (κ2) is 9.94. The van der Waals surface area contributed by atoms with Gasteiger partial charge in [0.15, 0.2) is 6.61 Å². The lowest BCUT2D eigenvalue weighted by molar-refractivity contribution is -0.146. The zero-order valence-electron chi connectivity index (χ0n) is 16.8. The van der Waals surface area contributed by atoms with Crippen LogP contribution in [0, 0.1) is 6.92 Å². The van der Waals surface area contributed by atoms with E-state index in [1.807, 2.05) is 19.1 Å². The fourth-order valence-corrected chi connectivity index (χ4v) is 3.78. The molecule has 0 saturated carbocycles. The van der Waals surface area contributed by atoms with Crippen LogP contribution in [0.15, 0.2) is 51.1 Å². The Bertz CT molecular complexity index is 1340. The molecule has 0 unspecified atom stereocenters. The van der Waals surface area contributed by atoms with Crippen LogP contribution in [0.3, 0.4) is 0 Å². The van der Waals surface area contributed by atoms with Gasteiger partial charge < -0.3 is 20.0 Å². The Balaban J connectivity index is 1.48. The van der Waals surface area contributed by atoms with Crippen molar-refractivity contribution in [2.45, 2.75) is 6.92 Å². The Morgan fingerprint density at radius 3 is 2.47 bits per heavy atom. The fraction of sp³-hybridized carbons (Fsp3) is 0.150. The Morgan fingerprint density at radius 1 is 1.12 bits per heavy atom. The van der Waals surface area contributed by atoms with E-state index < -0.39 is 35.1 Å². The average Bonchev–Trinajstić information content (AvgIpc) is 3.09. The molecule has 4 N–H and O–H groups in total. The van der Waals surface area contributed by atoms with E-state index in [-0.39, 0.29) is 5.69 Å². The Kier molecular flexibility index (Phi) is 7.28. The maximum Gasteiger partial charge on any atom is 0.323 e. The van der Waals surface area contributed by atoms with Crippen LogP contribution in [0.25, 0.3) is 17.1 Å². The number of ether oxygens (including phenoxy) is 1. The molecule has 12 heteroatoms. The van der Waals surface area contributed by atoms with E-state index in [0.29, 0.717) is 26.8 Å². The first-order valence-electron chi connectivity index (χ1n) is 9.23. The van der Waals surface area contributed by atoms with Crippen molar-refractivity contribution in [3.05, 3.63) is 67.9 Å². The highest BCUT2D eigenvalue weighted by Gasteiger charge is 2.13. The number of nitrogens with one attached hydrogen (secondary N) is 4. The summed E-state index contributed by atoms with van der Waals surface area (Å²) in [6.45, 7) is 0.668. The molecule has 32 heavy (non-hydrogen) atoms. The normalized spacial score (nSPS) is 11.7. The van der Waals surface area contributed by atoms with Crippen molar-refractivity contribution in [2.75, 3.05) is 18.5 Å². The van der Waals surface area contributed by atoms with Crippen molar-refractivity contribution >= 4 is 60.6 Å². The van der Waals surface area contributed by atoms with Crippen LogP contribution < -0.4 is 15.7 Å². The van der Waals surface area contributed by atoms with Crippen LogP contribution >= 0.6 is 15.9 Å². The van der Waals surface area contributed by atoms with Crippen LogP contribution in [0.5, 0.6) is 0 Å². The number of aromatic nitrogens is 2. The van der Waals surface area contributed by atoms with Gasteiger partial charge in [0.1, 0.15) is 6.54 Å². The summed E-state index contributed by atoms with van der Waals surface area (Å²) < 4.78 is 31.4. The van der Waals surface area contributed by atoms with Gasteiger partial charge in [0, 0.05) is 9.88 Å². The molecule has 0 aliphatic carbocycles. The number of imidazole rings is 1. The van der Waals surface area contributed by atoms with Crippen molar-refractivity contribution in [3.8, 4) is 0 Å². The van der Waals surface area contributed by atoms with E-state index in [2.05, 4.69) is 35.9 Å². The minimum atomic E-state index is -3.87. The molecule has 0 bridgehead atoms. The van der Waals surface area contributed by atoms with Gasteiger partial charge in [0.25, 0.3) is 5.91 Å². The van der Waals surface area contributed by atoms with Gasteiger partial charge in [-0.25, -0.2) is 17.9 Å². The smallest absolute Gasteiger partial charge is 0.323 e. The lowest BCUT2D eigenvalue weighted by atomic mass is 10.2. The molecule has 1 heterocycles. The van der Waals surface area contributed by atoms with Crippen LogP contribution in [-0.2, 0) is 24.3 Å². The fourth-order valence-electron chi connectivity index (χ4n) is 2.59. The number of aryl methyl sites for hydroxylation is 1. The van der Waals surface area contributed by atoms with Gasteiger partial charge in [-0.1, -0.05) is 29.8 Å². The largest absolute Gasteiger partial charge is 0.455 e. The zero-order valence-corrected chi connectivity index (χ0v) is 19.2. The van der Waals surface area contributed by atoms with Crippen molar-refractivity contribution in [2.24, 2.45) is 0 Å². The van der Waals surface area contributed by atoms with Crippen molar-refractivity contribution in [1.82, 2.24) is 14.7 Å². The number of esters is 1. The predicted molar refractivity (Wildman–Crippen MR) is 123 cm³/mol. The molecular formula is C20H19BrN4O6S. The van der Waals surface area contributed by atoms with Crippen molar-refractivity contribution in [1.29, 1.82) is 0 Å². The second-order valence-electron chi connectivity index (χ2n) is 6.75. The van der Waals surface area contributed by atoms with E-state index in [9.17, 15) is 22.8 Å². The highest BCUT2D eigenvalue weighted by molar-refractivity contribution is 9.10. The molecule has 3 aromatic rings. The number of H-pyrrole nitrogens is 2. The maximum absolute atomic E-state index is 12.1.